The first-order valence-corrected chi connectivity index (χ1v) is 8.82. The highest BCUT2D eigenvalue weighted by Crippen LogP contribution is 2.38. The number of ether oxygens (including phenoxy) is 3. The highest BCUT2D eigenvalue weighted by Gasteiger charge is 2.13. The molecule has 0 fully saturated rings. The Hall–Kier alpha value is -2.90. The van der Waals surface area contributed by atoms with Crippen LogP contribution in [0.25, 0.3) is 0 Å². The van der Waals surface area contributed by atoms with Gasteiger partial charge in [0.15, 0.2) is 17.5 Å². The molecule has 1 aromatic heterocycles. The van der Waals surface area contributed by atoms with Crippen LogP contribution in [-0.4, -0.2) is 50.7 Å². The van der Waals surface area contributed by atoms with Crippen LogP contribution in [0, 0.1) is 5.92 Å². The highest BCUT2D eigenvalue weighted by atomic mass is 16.5. The number of aromatic nitrogens is 2. The lowest BCUT2D eigenvalue weighted by Gasteiger charge is -2.17. The van der Waals surface area contributed by atoms with E-state index in [9.17, 15) is 0 Å². The second-order valence-electron chi connectivity index (χ2n) is 6.17. The molecule has 1 aromatic carbocycles. The van der Waals surface area contributed by atoms with Gasteiger partial charge in [-0.25, -0.2) is 0 Å². The summed E-state index contributed by atoms with van der Waals surface area (Å²) in [7, 11) is 6.56. The molecule has 2 rings (SSSR count). The fourth-order valence-corrected chi connectivity index (χ4v) is 2.71. The maximum atomic E-state index is 5.39. The lowest BCUT2D eigenvalue weighted by Crippen LogP contribution is -2.39. The number of hydrogen-bond acceptors (Lipinski definition) is 5. The fourth-order valence-electron chi connectivity index (χ4n) is 2.71. The molecular weight excluding hydrogens is 346 g/mol. The Morgan fingerprint density at radius 1 is 1.15 bits per heavy atom. The Kier molecular flexibility index (Phi) is 7.79. The average Bonchev–Trinajstić information content (AvgIpc) is 3.19. The van der Waals surface area contributed by atoms with Gasteiger partial charge in [-0.1, -0.05) is 6.92 Å². The molecule has 0 saturated carbocycles. The van der Waals surface area contributed by atoms with Gasteiger partial charge in [0.25, 0.3) is 0 Å². The van der Waals surface area contributed by atoms with Gasteiger partial charge in [-0.05, 0) is 29.7 Å². The van der Waals surface area contributed by atoms with Crippen molar-refractivity contribution < 1.29 is 14.2 Å². The SMILES string of the molecule is CN=C(NCc1cc(OC)c(OC)c(OC)c1)NCC(C)Cn1cccn1. The molecule has 1 heterocycles. The van der Waals surface area contributed by atoms with Crippen LogP contribution in [0.2, 0.25) is 0 Å². The van der Waals surface area contributed by atoms with Gasteiger partial charge >= 0.3 is 0 Å². The molecule has 0 radical (unpaired) electrons. The van der Waals surface area contributed by atoms with Crippen molar-refractivity contribution in [1.29, 1.82) is 0 Å². The molecule has 1 unspecified atom stereocenters. The molecule has 1 atom stereocenters. The van der Waals surface area contributed by atoms with Crippen molar-refractivity contribution in [3.63, 3.8) is 0 Å². The summed E-state index contributed by atoms with van der Waals surface area (Å²) in [5.74, 6) is 2.98. The number of nitrogens with zero attached hydrogens (tertiary/aromatic N) is 3. The predicted molar refractivity (Wildman–Crippen MR) is 106 cm³/mol. The lowest BCUT2D eigenvalue weighted by atomic mass is 10.1. The van der Waals surface area contributed by atoms with Crippen molar-refractivity contribution in [3.05, 3.63) is 36.2 Å². The van der Waals surface area contributed by atoms with Crippen molar-refractivity contribution in [2.45, 2.75) is 20.0 Å². The van der Waals surface area contributed by atoms with Crippen LogP contribution in [0.1, 0.15) is 12.5 Å². The van der Waals surface area contributed by atoms with E-state index in [0.29, 0.717) is 29.7 Å². The number of hydrogen-bond donors (Lipinski definition) is 2. The monoisotopic (exact) mass is 375 g/mol. The van der Waals surface area contributed by atoms with E-state index in [1.807, 2.05) is 29.1 Å². The van der Waals surface area contributed by atoms with Gasteiger partial charge < -0.3 is 24.8 Å². The van der Waals surface area contributed by atoms with E-state index in [0.717, 1.165) is 24.6 Å². The van der Waals surface area contributed by atoms with Gasteiger partial charge in [-0.2, -0.15) is 5.10 Å². The minimum absolute atomic E-state index is 0.407. The molecule has 8 heteroatoms. The quantitative estimate of drug-likeness (QED) is 0.515. The Labute approximate surface area is 160 Å². The molecule has 0 bridgehead atoms. The van der Waals surface area contributed by atoms with Crippen molar-refractivity contribution in [1.82, 2.24) is 20.4 Å². The van der Waals surface area contributed by atoms with E-state index in [1.54, 1.807) is 34.6 Å². The van der Waals surface area contributed by atoms with E-state index in [4.69, 9.17) is 14.2 Å². The Balaban J connectivity index is 1.91. The van der Waals surface area contributed by atoms with Crippen LogP contribution in [0.3, 0.4) is 0 Å². The molecule has 0 amide bonds. The summed E-state index contributed by atoms with van der Waals surface area (Å²) >= 11 is 0. The summed E-state index contributed by atoms with van der Waals surface area (Å²) in [5, 5.41) is 10.9. The fraction of sp³-hybridized carbons (Fsp3) is 0.474. The summed E-state index contributed by atoms with van der Waals surface area (Å²) in [6.45, 7) is 4.38. The predicted octanol–water partition coefficient (Wildman–Crippen LogP) is 1.91. The average molecular weight is 375 g/mol. The molecule has 2 N–H and O–H groups in total. The molecule has 0 spiro atoms. The summed E-state index contributed by atoms with van der Waals surface area (Å²) in [6.07, 6.45) is 3.76. The number of benzene rings is 1. The molecule has 0 aliphatic carbocycles. The van der Waals surface area contributed by atoms with Crippen molar-refractivity contribution in [2.24, 2.45) is 10.9 Å². The van der Waals surface area contributed by atoms with Gasteiger partial charge in [-0.3, -0.25) is 9.67 Å². The number of methoxy groups -OCH3 is 3. The third-order valence-corrected chi connectivity index (χ3v) is 4.08. The van der Waals surface area contributed by atoms with Crippen LogP contribution < -0.4 is 24.8 Å². The van der Waals surface area contributed by atoms with Crippen LogP contribution in [-0.2, 0) is 13.1 Å². The van der Waals surface area contributed by atoms with Crippen molar-refractivity contribution >= 4 is 5.96 Å². The van der Waals surface area contributed by atoms with E-state index in [2.05, 4.69) is 27.6 Å². The minimum Gasteiger partial charge on any atom is -0.493 e. The Morgan fingerprint density at radius 2 is 1.85 bits per heavy atom. The molecule has 148 valence electrons. The molecule has 27 heavy (non-hydrogen) atoms. The molecule has 0 aliphatic heterocycles. The zero-order valence-electron chi connectivity index (χ0n) is 16.7. The summed E-state index contributed by atoms with van der Waals surface area (Å²) in [6, 6.07) is 5.77. The summed E-state index contributed by atoms with van der Waals surface area (Å²) in [4.78, 5) is 4.28. The third kappa shape index (κ3) is 5.80. The summed E-state index contributed by atoms with van der Waals surface area (Å²) < 4.78 is 18.1. The largest absolute Gasteiger partial charge is 0.493 e. The minimum atomic E-state index is 0.407. The first kappa shape index (κ1) is 20.4. The number of aliphatic imine (C=N–C) groups is 1. The molecule has 0 saturated heterocycles. The van der Waals surface area contributed by atoms with Crippen molar-refractivity contribution in [3.8, 4) is 17.2 Å². The number of nitrogens with one attached hydrogen (secondary N) is 2. The number of rotatable bonds is 9. The maximum absolute atomic E-state index is 5.39. The smallest absolute Gasteiger partial charge is 0.203 e. The maximum Gasteiger partial charge on any atom is 0.203 e. The Bertz CT molecular complexity index is 706. The zero-order chi connectivity index (χ0) is 19.6. The third-order valence-electron chi connectivity index (χ3n) is 4.08. The Morgan fingerprint density at radius 3 is 2.37 bits per heavy atom. The summed E-state index contributed by atoms with van der Waals surface area (Å²) in [5.41, 5.74) is 0.997. The van der Waals surface area contributed by atoms with E-state index in [-0.39, 0.29) is 0 Å². The van der Waals surface area contributed by atoms with E-state index >= 15 is 0 Å². The van der Waals surface area contributed by atoms with E-state index < -0.39 is 0 Å². The van der Waals surface area contributed by atoms with Crippen LogP contribution in [0.4, 0.5) is 0 Å². The second kappa shape index (κ2) is 10.3. The normalized spacial score (nSPS) is 12.4. The van der Waals surface area contributed by atoms with Crippen LogP contribution in [0.15, 0.2) is 35.6 Å². The van der Waals surface area contributed by atoms with Crippen LogP contribution in [0.5, 0.6) is 17.2 Å². The van der Waals surface area contributed by atoms with Gasteiger partial charge in [0.2, 0.25) is 5.75 Å². The first-order chi connectivity index (χ1) is 13.1. The van der Waals surface area contributed by atoms with Crippen molar-refractivity contribution in [2.75, 3.05) is 34.9 Å². The molecule has 0 aliphatic rings. The van der Waals surface area contributed by atoms with Gasteiger partial charge in [0, 0.05) is 39.1 Å². The second-order valence-corrected chi connectivity index (χ2v) is 6.17. The van der Waals surface area contributed by atoms with Gasteiger partial charge in [0.1, 0.15) is 0 Å². The topological polar surface area (TPSA) is 81.9 Å². The highest BCUT2D eigenvalue weighted by molar-refractivity contribution is 5.79. The molecular formula is C19H29N5O3. The first-order valence-electron chi connectivity index (χ1n) is 8.82. The van der Waals surface area contributed by atoms with Crippen LogP contribution >= 0.6 is 0 Å². The lowest BCUT2D eigenvalue weighted by molar-refractivity contribution is 0.323. The molecule has 2 aromatic rings. The van der Waals surface area contributed by atoms with Gasteiger partial charge in [-0.15, -0.1) is 0 Å². The number of guanidine groups is 1. The zero-order valence-corrected chi connectivity index (χ0v) is 16.7. The standard InChI is InChI=1S/C19H29N5O3/c1-14(13-24-8-6-7-23-24)11-21-19(20-2)22-12-15-9-16(25-3)18(27-5)17(10-15)26-4/h6-10,14H,11-13H2,1-5H3,(H2,20,21,22). The van der Waals surface area contributed by atoms with E-state index in [1.165, 1.54) is 0 Å². The molecule has 8 nitrogen and oxygen atoms in total. The van der Waals surface area contributed by atoms with Gasteiger partial charge in [0.05, 0.1) is 21.3 Å².